The minimum absolute atomic E-state index is 0.00550. The van der Waals surface area contributed by atoms with E-state index in [1.165, 1.54) is 0 Å². The van der Waals surface area contributed by atoms with E-state index >= 15 is 0 Å². The summed E-state index contributed by atoms with van der Waals surface area (Å²) in [4.78, 5) is 13.9. The van der Waals surface area contributed by atoms with E-state index < -0.39 is 0 Å². The zero-order chi connectivity index (χ0) is 14.7. The molecule has 1 aromatic carbocycles. The zero-order valence-corrected chi connectivity index (χ0v) is 12.4. The third-order valence-corrected chi connectivity index (χ3v) is 4.17. The highest BCUT2D eigenvalue weighted by molar-refractivity contribution is 5.78. The first kappa shape index (κ1) is 14.9. The summed E-state index contributed by atoms with van der Waals surface area (Å²) in [7, 11) is 0. The van der Waals surface area contributed by atoms with Crippen molar-refractivity contribution in [3.63, 3.8) is 0 Å². The Hall–Kier alpha value is -1.55. The van der Waals surface area contributed by atoms with Crippen LogP contribution >= 0.6 is 0 Å². The van der Waals surface area contributed by atoms with E-state index in [-0.39, 0.29) is 24.5 Å². The number of aryl methyl sites for hydroxylation is 1. The summed E-state index contributed by atoms with van der Waals surface area (Å²) < 4.78 is 5.63. The standard InChI is InChI=1S/C16H23NO3/c1-11-5-4-6-15(12(11)2)20-10-16(19)17-8-7-14(9-17)13(3)18/h4-6,13-14,18H,7-10H2,1-3H3. The van der Waals surface area contributed by atoms with Gasteiger partial charge in [-0.1, -0.05) is 12.1 Å². The highest BCUT2D eigenvalue weighted by Gasteiger charge is 2.29. The van der Waals surface area contributed by atoms with Crippen LogP contribution in [0.25, 0.3) is 0 Å². The Morgan fingerprint density at radius 2 is 2.25 bits per heavy atom. The van der Waals surface area contributed by atoms with Crippen molar-refractivity contribution in [1.82, 2.24) is 4.90 Å². The molecule has 0 aromatic heterocycles. The monoisotopic (exact) mass is 277 g/mol. The van der Waals surface area contributed by atoms with Crippen LogP contribution in [0.2, 0.25) is 0 Å². The van der Waals surface area contributed by atoms with Gasteiger partial charge in [-0.2, -0.15) is 0 Å². The molecule has 1 fully saturated rings. The van der Waals surface area contributed by atoms with Gasteiger partial charge in [0.2, 0.25) is 0 Å². The molecule has 2 rings (SSSR count). The van der Waals surface area contributed by atoms with E-state index in [0.29, 0.717) is 13.1 Å². The second-order valence-electron chi connectivity index (χ2n) is 5.62. The van der Waals surface area contributed by atoms with Crippen molar-refractivity contribution in [2.75, 3.05) is 19.7 Å². The van der Waals surface area contributed by atoms with Gasteiger partial charge in [-0.05, 0) is 44.4 Å². The van der Waals surface area contributed by atoms with Crippen LogP contribution < -0.4 is 4.74 Å². The maximum atomic E-state index is 12.1. The van der Waals surface area contributed by atoms with Gasteiger partial charge in [0, 0.05) is 19.0 Å². The van der Waals surface area contributed by atoms with E-state index in [1.807, 2.05) is 32.0 Å². The Balaban J connectivity index is 1.88. The lowest BCUT2D eigenvalue weighted by atomic mass is 10.0. The number of amides is 1. The van der Waals surface area contributed by atoms with Crippen molar-refractivity contribution < 1.29 is 14.6 Å². The number of hydrogen-bond donors (Lipinski definition) is 1. The Morgan fingerprint density at radius 1 is 1.50 bits per heavy atom. The maximum Gasteiger partial charge on any atom is 0.260 e. The summed E-state index contributed by atoms with van der Waals surface area (Å²) in [6.07, 6.45) is 0.514. The van der Waals surface area contributed by atoms with Gasteiger partial charge in [-0.15, -0.1) is 0 Å². The van der Waals surface area contributed by atoms with Crippen LogP contribution in [-0.4, -0.2) is 41.7 Å². The average molecular weight is 277 g/mol. The van der Waals surface area contributed by atoms with Gasteiger partial charge in [-0.25, -0.2) is 0 Å². The molecule has 1 N–H and O–H groups in total. The Morgan fingerprint density at radius 3 is 2.90 bits per heavy atom. The number of aliphatic hydroxyl groups is 1. The van der Waals surface area contributed by atoms with Gasteiger partial charge in [0.25, 0.3) is 5.91 Å². The lowest BCUT2D eigenvalue weighted by Gasteiger charge is -2.18. The molecule has 2 atom stereocenters. The van der Waals surface area contributed by atoms with Crippen molar-refractivity contribution in [3.8, 4) is 5.75 Å². The molecule has 1 aromatic rings. The summed E-state index contributed by atoms with van der Waals surface area (Å²) in [6.45, 7) is 7.21. The van der Waals surface area contributed by atoms with E-state index in [9.17, 15) is 9.90 Å². The molecule has 1 heterocycles. The smallest absolute Gasteiger partial charge is 0.260 e. The van der Waals surface area contributed by atoms with Crippen LogP contribution in [-0.2, 0) is 4.79 Å². The molecule has 0 bridgehead atoms. The summed E-state index contributed by atoms with van der Waals surface area (Å²) in [5.41, 5.74) is 2.23. The van der Waals surface area contributed by atoms with Crippen molar-refractivity contribution >= 4 is 5.91 Å². The Bertz CT molecular complexity index is 485. The number of hydrogen-bond acceptors (Lipinski definition) is 3. The fraction of sp³-hybridized carbons (Fsp3) is 0.562. The van der Waals surface area contributed by atoms with E-state index in [2.05, 4.69) is 0 Å². The van der Waals surface area contributed by atoms with Gasteiger partial charge in [0.05, 0.1) is 6.10 Å². The fourth-order valence-electron chi connectivity index (χ4n) is 2.52. The van der Waals surface area contributed by atoms with Gasteiger partial charge in [0.1, 0.15) is 5.75 Å². The van der Waals surface area contributed by atoms with Crippen LogP contribution in [0, 0.1) is 19.8 Å². The molecular weight excluding hydrogens is 254 g/mol. The molecule has 0 spiro atoms. The first-order chi connectivity index (χ1) is 9.49. The molecule has 20 heavy (non-hydrogen) atoms. The summed E-state index contributed by atoms with van der Waals surface area (Å²) in [5, 5.41) is 9.56. The van der Waals surface area contributed by atoms with Crippen molar-refractivity contribution in [2.45, 2.75) is 33.3 Å². The molecule has 2 unspecified atom stereocenters. The second-order valence-corrected chi connectivity index (χ2v) is 5.62. The quantitative estimate of drug-likeness (QED) is 0.914. The number of carbonyl (C=O) groups excluding carboxylic acids is 1. The lowest BCUT2D eigenvalue weighted by molar-refractivity contribution is -0.132. The lowest BCUT2D eigenvalue weighted by Crippen LogP contribution is -2.34. The van der Waals surface area contributed by atoms with Crippen LogP contribution in [0.3, 0.4) is 0 Å². The summed E-state index contributed by atoms with van der Waals surface area (Å²) >= 11 is 0. The second kappa shape index (κ2) is 6.27. The van der Waals surface area contributed by atoms with Crippen molar-refractivity contribution in [2.24, 2.45) is 5.92 Å². The molecule has 1 amide bonds. The fourth-order valence-corrected chi connectivity index (χ4v) is 2.52. The van der Waals surface area contributed by atoms with Crippen LogP contribution in [0.15, 0.2) is 18.2 Å². The average Bonchev–Trinajstić information content (AvgIpc) is 2.90. The SMILES string of the molecule is Cc1cccc(OCC(=O)N2CCC(C(C)O)C2)c1C. The zero-order valence-electron chi connectivity index (χ0n) is 12.4. The number of rotatable bonds is 4. The van der Waals surface area contributed by atoms with E-state index in [4.69, 9.17) is 4.74 Å². The predicted molar refractivity (Wildman–Crippen MR) is 77.8 cm³/mol. The largest absolute Gasteiger partial charge is 0.483 e. The van der Waals surface area contributed by atoms with Crippen molar-refractivity contribution in [1.29, 1.82) is 0 Å². The summed E-state index contributed by atoms with van der Waals surface area (Å²) in [5.74, 6) is 0.957. The number of aliphatic hydroxyl groups excluding tert-OH is 1. The minimum Gasteiger partial charge on any atom is -0.483 e. The van der Waals surface area contributed by atoms with Crippen LogP contribution in [0.5, 0.6) is 5.75 Å². The van der Waals surface area contributed by atoms with Crippen molar-refractivity contribution in [3.05, 3.63) is 29.3 Å². The van der Waals surface area contributed by atoms with Gasteiger partial charge in [-0.3, -0.25) is 4.79 Å². The molecule has 110 valence electrons. The molecule has 1 aliphatic rings. The Kier molecular flexibility index (Phi) is 4.65. The normalized spacial score (nSPS) is 20.0. The number of nitrogens with zero attached hydrogens (tertiary/aromatic N) is 1. The van der Waals surface area contributed by atoms with Crippen LogP contribution in [0.1, 0.15) is 24.5 Å². The summed E-state index contributed by atoms with van der Waals surface area (Å²) in [6, 6.07) is 5.84. The number of ether oxygens (including phenoxy) is 1. The first-order valence-electron chi connectivity index (χ1n) is 7.14. The number of likely N-dealkylation sites (tertiary alicyclic amines) is 1. The molecule has 4 nitrogen and oxygen atoms in total. The van der Waals surface area contributed by atoms with Gasteiger partial charge < -0.3 is 14.7 Å². The van der Waals surface area contributed by atoms with Crippen LogP contribution in [0.4, 0.5) is 0 Å². The molecule has 0 radical (unpaired) electrons. The molecular formula is C16H23NO3. The van der Waals surface area contributed by atoms with E-state index in [0.717, 1.165) is 23.3 Å². The number of carbonyl (C=O) groups is 1. The van der Waals surface area contributed by atoms with Gasteiger partial charge in [0.15, 0.2) is 6.61 Å². The number of benzene rings is 1. The molecule has 1 aliphatic heterocycles. The predicted octanol–water partition coefficient (Wildman–Crippen LogP) is 1.91. The molecule has 4 heteroatoms. The topological polar surface area (TPSA) is 49.8 Å². The minimum atomic E-state index is -0.354. The third-order valence-electron chi connectivity index (χ3n) is 4.17. The molecule has 0 saturated carbocycles. The third kappa shape index (κ3) is 3.31. The van der Waals surface area contributed by atoms with E-state index in [1.54, 1.807) is 11.8 Å². The first-order valence-corrected chi connectivity index (χ1v) is 7.14. The molecule has 0 aliphatic carbocycles. The molecule has 1 saturated heterocycles. The van der Waals surface area contributed by atoms with Gasteiger partial charge >= 0.3 is 0 Å². The highest BCUT2D eigenvalue weighted by atomic mass is 16.5. The maximum absolute atomic E-state index is 12.1. The highest BCUT2D eigenvalue weighted by Crippen LogP contribution is 2.22. The Labute approximate surface area is 120 Å².